The Labute approximate surface area is 177 Å². The second-order valence-electron chi connectivity index (χ2n) is 7.40. The number of fused-ring (bicyclic) bond motifs is 1. The van der Waals surface area contributed by atoms with Gasteiger partial charge < -0.3 is 10.1 Å². The van der Waals surface area contributed by atoms with Gasteiger partial charge in [0, 0.05) is 23.6 Å². The zero-order valence-corrected chi connectivity index (χ0v) is 17.1. The topological polar surface area (TPSA) is 73.2 Å². The van der Waals surface area contributed by atoms with Crippen LogP contribution in [0.4, 0.5) is 14.6 Å². The van der Waals surface area contributed by atoms with E-state index in [1.807, 2.05) is 6.92 Å². The van der Waals surface area contributed by atoms with Crippen LogP contribution in [-0.2, 0) is 4.79 Å². The quantitative estimate of drug-likeness (QED) is 0.588. The van der Waals surface area contributed by atoms with Crippen LogP contribution in [0, 0.1) is 18.6 Å². The molecule has 1 aliphatic heterocycles. The van der Waals surface area contributed by atoms with Gasteiger partial charge in [-0.15, -0.1) is 0 Å². The first-order chi connectivity index (χ1) is 14.9. The molecule has 31 heavy (non-hydrogen) atoms. The number of carbonyl (C=O) groups excluding carboxylic acids is 2. The zero-order chi connectivity index (χ0) is 22.1. The van der Waals surface area contributed by atoms with Gasteiger partial charge in [-0.1, -0.05) is 6.92 Å². The van der Waals surface area contributed by atoms with Gasteiger partial charge in [-0.3, -0.25) is 9.59 Å². The van der Waals surface area contributed by atoms with Crippen LogP contribution >= 0.6 is 0 Å². The average Bonchev–Trinajstić information content (AvgIpc) is 3.07. The second kappa shape index (κ2) is 8.29. The van der Waals surface area contributed by atoms with Crippen molar-refractivity contribution in [3.8, 4) is 11.4 Å². The van der Waals surface area contributed by atoms with Crippen molar-refractivity contribution in [3.05, 3.63) is 70.9 Å². The molecule has 160 valence electrons. The average molecular weight is 425 g/mol. The molecule has 1 aliphatic rings. The third-order valence-corrected chi connectivity index (χ3v) is 5.17. The fourth-order valence-electron chi connectivity index (χ4n) is 3.74. The largest absolute Gasteiger partial charge is 0.494 e. The van der Waals surface area contributed by atoms with E-state index < -0.39 is 17.6 Å². The van der Waals surface area contributed by atoms with Crippen LogP contribution < -0.4 is 10.1 Å². The predicted octanol–water partition coefficient (Wildman–Crippen LogP) is 4.56. The molecular weight excluding hydrogens is 404 g/mol. The molecule has 0 spiro atoms. The van der Waals surface area contributed by atoms with Crippen LogP contribution in [0.25, 0.3) is 5.69 Å². The van der Waals surface area contributed by atoms with Crippen molar-refractivity contribution in [2.75, 3.05) is 11.9 Å². The van der Waals surface area contributed by atoms with E-state index in [0.29, 0.717) is 29.2 Å². The van der Waals surface area contributed by atoms with Crippen LogP contribution in [0.5, 0.6) is 5.75 Å². The van der Waals surface area contributed by atoms with Gasteiger partial charge in [0.1, 0.15) is 23.1 Å². The number of aryl methyl sites for hydroxylation is 1. The van der Waals surface area contributed by atoms with Crippen molar-refractivity contribution in [3.63, 3.8) is 0 Å². The Kier molecular flexibility index (Phi) is 5.54. The Morgan fingerprint density at radius 3 is 2.65 bits per heavy atom. The molecular formula is C23H21F2N3O3. The molecule has 0 saturated heterocycles. The monoisotopic (exact) mass is 425 g/mol. The lowest BCUT2D eigenvalue weighted by Gasteiger charge is -2.23. The number of aromatic nitrogens is 2. The maximum Gasteiger partial charge on any atom is 0.226 e. The molecule has 0 aliphatic carbocycles. The molecule has 4 rings (SSSR count). The van der Waals surface area contributed by atoms with Gasteiger partial charge in [0.25, 0.3) is 0 Å². The molecule has 1 atom stereocenters. The SMILES string of the molecule is CCCOc1ccc(C(=O)C2CC(=O)Nc3c2c(C)nn3-c2ccc(F)cc2F)cc1. The summed E-state index contributed by atoms with van der Waals surface area (Å²) < 4.78 is 34.5. The number of hydrogen-bond donors (Lipinski definition) is 1. The highest BCUT2D eigenvalue weighted by molar-refractivity contribution is 6.08. The van der Waals surface area contributed by atoms with Gasteiger partial charge in [0.05, 0.1) is 18.2 Å². The molecule has 1 amide bonds. The number of carbonyl (C=O) groups is 2. The first-order valence-corrected chi connectivity index (χ1v) is 10.0. The lowest BCUT2D eigenvalue weighted by Crippen LogP contribution is -2.28. The van der Waals surface area contributed by atoms with Gasteiger partial charge in [-0.05, 0) is 49.7 Å². The Morgan fingerprint density at radius 1 is 1.23 bits per heavy atom. The summed E-state index contributed by atoms with van der Waals surface area (Å²) in [5.74, 6) is -2.03. The first kappa shape index (κ1) is 20.7. The number of halogens is 2. The highest BCUT2D eigenvalue weighted by Gasteiger charge is 2.36. The van der Waals surface area contributed by atoms with Crippen LogP contribution in [0.3, 0.4) is 0 Å². The maximum absolute atomic E-state index is 14.4. The summed E-state index contributed by atoms with van der Waals surface area (Å²) in [5, 5.41) is 7.02. The fourth-order valence-corrected chi connectivity index (χ4v) is 3.74. The minimum absolute atomic E-state index is 0.0171. The normalized spacial score (nSPS) is 15.4. The molecule has 2 aromatic carbocycles. The van der Waals surface area contributed by atoms with Gasteiger partial charge in [-0.2, -0.15) is 5.10 Å². The summed E-state index contributed by atoms with van der Waals surface area (Å²) >= 11 is 0. The lowest BCUT2D eigenvalue weighted by molar-refractivity contribution is -0.116. The molecule has 1 N–H and O–H groups in total. The van der Waals surface area contributed by atoms with Gasteiger partial charge in [0.2, 0.25) is 5.91 Å². The van der Waals surface area contributed by atoms with E-state index in [1.54, 1.807) is 31.2 Å². The first-order valence-electron chi connectivity index (χ1n) is 10.0. The van der Waals surface area contributed by atoms with E-state index in [0.717, 1.165) is 18.6 Å². The standard InChI is InChI=1S/C23H21F2N3O3/c1-3-10-31-16-7-4-14(5-8-16)22(30)17-12-20(29)26-23-21(17)13(2)27-28(23)19-9-6-15(24)11-18(19)25/h4-9,11,17H,3,10,12H2,1-2H3,(H,26,29). The van der Waals surface area contributed by atoms with E-state index in [-0.39, 0.29) is 29.6 Å². The summed E-state index contributed by atoms with van der Waals surface area (Å²) in [6.45, 7) is 4.28. The number of Topliss-reactive ketones (excluding diaryl/α,β-unsaturated/α-hetero) is 1. The molecule has 3 aromatic rings. The van der Waals surface area contributed by atoms with E-state index in [9.17, 15) is 18.4 Å². The number of hydrogen-bond acceptors (Lipinski definition) is 4. The highest BCUT2D eigenvalue weighted by Crippen LogP contribution is 2.38. The lowest BCUT2D eigenvalue weighted by atomic mass is 9.85. The van der Waals surface area contributed by atoms with E-state index in [2.05, 4.69) is 10.4 Å². The van der Waals surface area contributed by atoms with Crippen molar-refractivity contribution in [2.24, 2.45) is 0 Å². The Morgan fingerprint density at radius 2 is 1.97 bits per heavy atom. The number of ether oxygens (including phenoxy) is 1. The van der Waals surface area contributed by atoms with Crippen LogP contribution in [0.15, 0.2) is 42.5 Å². The summed E-state index contributed by atoms with van der Waals surface area (Å²) in [6, 6.07) is 9.86. The Balaban J connectivity index is 1.72. The fraction of sp³-hybridized carbons (Fsp3) is 0.261. The summed E-state index contributed by atoms with van der Waals surface area (Å²) in [7, 11) is 0. The van der Waals surface area contributed by atoms with E-state index in [4.69, 9.17) is 4.74 Å². The van der Waals surface area contributed by atoms with Crippen LogP contribution in [-0.4, -0.2) is 28.1 Å². The molecule has 1 unspecified atom stereocenters. The molecule has 0 fully saturated rings. The predicted molar refractivity (Wildman–Crippen MR) is 111 cm³/mol. The smallest absolute Gasteiger partial charge is 0.226 e. The number of benzene rings is 2. The highest BCUT2D eigenvalue weighted by atomic mass is 19.1. The summed E-state index contributed by atoms with van der Waals surface area (Å²) in [4.78, 5) is 25.7. The van der Waals surface area contributed by atoms with E-state index >= 15 is 0 Å². The third-order valence-electron chi connectivity index (χ3n) is 5.17. The van der Waals surface area contributed by atoms with Crippen LogP contribution in [0.2, 0.25) is 0 Å². The van der Waals surface area contributed by atoms with Gasteiger partial charge in [-0.25, -0.2) is 13.5 Å². The number of rotatable bonds is 6. The molecule has 8 heteroatoms. The van der Waals surface area contributed by atoms with E-state index in [1.165, 1.54) is 10.7 Å². The van der Waals surface area contributed by atoms with Crippen molar-refractivity contribution in [2.45, 2.75) is 32.6 Å². The molecule has 0 bridgehead atoms. The molecule has 1 aromatic heterocycles. The zero-order valence-electron chi connectivity index (χ0n) is 17.1. The summed E-state index contributed by atoms with van der Waals surface area (Å²) in [5.41, 5.74) is 1.44. The van der Waals surface area contributed by atoms with Crippen molar-refractivity contribution >= 4 is 17.5 Å². The van der Waals surface area contributed by atoms with Crippen LogP contribution in [0.1, 0.15) is 47.3 Å². The minimum atomic E-state index is -0.823. The third kappa shape index (κ3) is 3.93. The number of anilines is 1. The summed E-state index contributed by atoms with van der Waals surface area (Å²) in [6.07, 6.45) is 0.830. The number of amides is 1. The van der Waals surface area contributed by atoms with Crippen molar-refractivity contribution in [1.29, 1.82) is 0 Å². The number of nitrogens with one attached hydrogen (secondary N) is 1. The molecule has 0 radical (unpaired) electrons. The van der Waals surface area contributed by atoms with Crippen molar-refractivity contribution in [1.82, 2.24) is 9.78 Å². The van der Waals surface area contributed by atoms with Crippen molar-refractivity contribution < 1.29 is 23.1 Å². The minimum Gasteiger partial charge on any atom is -0.494 e. The Bertz CT molecular complexity index is 1160. The molecule has 2 heterocycles. The second-order valence-corrected chi connectivity index (χ2v) is 7.40. The molecule has 6 nitrogen and oxygen atoms in total. The molecule has 0 saturated carbocycles. The number of ketones is 1. The maximum atomic E-state index is 14.4. The Hall–Kier alpha value is -3.55. The number of nitrogens with zero attached hydrogens (tertiary/aromatic N) is 2. The van der Waals surface area contributed by atoms with Gasteiger partial charge in [0.15, 0.2) is 11.6 Å². The van der Waals surface area contributed by atoms with Gasteiger partial charge >= 0.3 is 0 Å².